The molecule has 2 nitrogen and oxygen atoms in total. The van der Waals surface area contributed by atoms with Crippen molar-refractivity contribution >= 4 is 11.6 Å². The van der Waals surface area contributed by atoms with Crippen LogP contribution in [-0.2, 0) is 15.9 Å². The van der Waals surface area contributed by atoms with Crippen molar-refractivity contribution < 1.29 is 18.3 Å². The Hall–Kier alpha value is -0.710. The van der Waals surface area contributed by atoms with Gasteiger partial charge < -0.3 is 9.47 Å². The summed E-state index contributed by atoms with van der Waals surface area (Å²) in [5.74, 6) is -1.01. The van der Waals surface area contributed by atoms with Gasteiger partial charge in [0.25, 0.3) is 0 Å². The zero-order valence-corrected chi connectivity index (χ0v) is 11.6. The van der Waals surface area contributed by atoms with Crippen LogP contribution >= 0.6 is 11.6 Å². The number of benzene rings is 1. The molecule has 1 fully saturated rings. The molecule has 0 atom stereocenters. The van der Waals surface area contributed by atoms with E-state index in [1.165, 1.54) is 12.1 Å². The Morgan fingerprint density at radius 1 is 1.21 bits per heavy atom. The predicted octanol–water partition coefficient (Wildman–Crippen LogP) is 3.95. The van der Waals surface area contributed by atoms with Crippen molar-refractivity contribution in [1.82, 2.24) is 0 Å². The summed E-state index contributed by atoms with van der Waals surface area (Å²) in [6.07, 6.45) is 1.81. The van der Waals surface area contributed by atoms with Crippen LogP contribution in [0.5, 0.6) is 0 Å². The number of ether oxygens (including phenoxy) is 2. The zero-order chi connectivity index (χ0) is 13.8. The van der Waals surface area contributed by atoms with Crippen molar-refractivity contribution in [1.29, 1.82) is 0 Å². The Kier molecular flexibility index (Phi) is 5.13. The van der Waals surface area contributed by atoms with E-state index in [4.69, 9.17) is 21.1 Å². The minimum atomic E-state index is -0.729. The van der Waals surface area contributed by atoms with E-state index in [1.807, 2.05) is 0 Å². The predicted molar refractivity (Wildman–Crippen MR) is 69.2 cm³/mol. The third-order valence-electron chi connectivity index (χ3n) is 3.33. The van der Waals surface area contributed by atoms with Gasteiger partial charge in [-0.05, 0) is 30.5 Å². The summed E-state index contributed by atoms with van der Waals surface area (Å²) in [6.45, 7) is 3.46. The third kappa shape index (κ3) is 3.88. The maximum absolute atomic E-state index is 13.3. The van der Waals surface area contributed by atoms with Gasteiger partial charge in [-0.3, -0.25) is 0 Å². The van der Waals surface area contributed by atoms with Crippen molar-refractivity contribution in [2.45, 2.75) is 32.5 Å². The van der Waals surface area contributed by atoms with Gasteiger partial charge in [-0.2, -0.15) is 0 Å². The molecule has 1 aliphatic heterocycles. The summed E-state index contributed by atoms with van der Waals surface area (Å²) in [4.78, 5) is 0. The molecule has 1 aliphatic rings. The van der Waals surface area contributed by atoms with Crippen LogP contribution in [0.25, 0.3) is 0 Å². The van der Waals surface area contributed by atoms with Crippen molar-refractivity contribution in [3.8, 4) is 0 Å². The quantitative estimate of drug-likeness (QED) is 0.782. The molecule has 0 radical (unpaired) electrons. The number of halogens is 3. The summed E-state index contributed by atoms with van der Waals surface area (Å²) < 4.78 is 37.6. The largest absolute Gasteiger partial charge is 0.352 e. The topological polar surface area (TPSA) is 18.5 Å². The molecule has 5 heteroatoms. The first-order chi connectivity index (χ1) is 9.10. The highest BCUT2D eigenvalue weighted by Crippen LogP contribution is 2.23. The second-order valence-corrected chi connectivity index (χ2v) is 5.16. The van der Waals surface area contributed by atoms with Gasteiger partial charge in [0.1, 0.15) is 16.7 Å². The number of hydrogen-bond acceptors (Lipinski definition) is 2. The molecule has 2 rings (SSSR count). The highest BCUT2D eigenvalue weighted by Gasteiger charge is 2.21. The first kappa shape index (κ1) is 14.7. The maximum Gasteiger partial charge on any atom is 0.157 e. The van der Waals surface area contributed by atoms with E-state index in [-0.39, 0.29) is 6.29 Å². The first-order valence-electron chi connectivity index (χ1n) is 6.46. The van der Waals surface area contributed by atoms with Gasteiger partial charge in [-0.15, -0.1) is 0 Å². The van der Waals surface area contributed by atoms with E-state index < -0.39 is 16.7 Å². The molecule has 1 aromatic rings. The summed E-state index contributed by atoms with van der Waals surface area (Å²) >= 11 is 5.43. The van der Waals surface area contributed by atoms with Crippen molar-refractivity contribution in [2.75, 3.05) is 13.2 Å². The van der Waals surface area contributed by atoms with Gasteiger partial charge in [0.15, 0.2) is 6.29 Å². The van der Waals surface area contributed by atoms with Crippen LogP contribution in [0.2, 0.25) is 5.02 Å². The van der Waals surface area contributed by atoms with Gasteiger partial charge in [-0.1, -0.05) is 18.5 Å². The van der Waals surface area contributed by atoms with E-state index in [0.717, 1.165) is 6.42 Å². The number of aryl methyl sites for hydroxylation is 1. The summed E-state index contributed by atoms with van der Waals surface area (Å²) in [5, 5.41) is -0.459. The lowest BCUT2D eigenvalue weighted by Crippen LogP contribution is -2.32. The van der Waals surface area contributed by atoms with E-state index in [9.17, 15) is 8.78 Å². The Labute approximate surface area is 116 Å². The lowest BCUT2D eigenvalue weighted by atomic mass is 10.1. The summed E-state index contributed by atoms with van der Waals surface area (Å²) in [6, 6.07) is 2.51. The molecule has 0 amide bonds. The highest BCUT2D eigenvalue weighted by atomic mass is 35.5. The van der Waals surface area contributed by atoms with Crippen LogP contribution in [0.3, 0.4) is 0 Å². The van der Waals surface area contributed by atoms with Crippen LogP contribution in [0.1, 0.15) is 25.3 Å². The monoisotopic (exact) mass is 290 g/mol. The fourth-order valence-electron chi connectivity index (χ4n) is 2.02. The number of hydrogen-bond donors (Lipinski definition) is 0. The van der Waals surface area contributed by atoms with E-state index in [2.05, 4.69) is 6.92 Å². The van der Waals surface area contributed by atoms with Crippen LogP contribution in [-0.4, -0.2) is 19.5 Å². The molecule has 0 saturated carbocycles. The van der Waals surface area contributed by atoms with Crippen molar-refractivity contribution in [3.63, 3.8) is 0 Å². The Morgan fingerprint density at radius 3 is 2.32 bits per heavy atom. The maximum atomic E-state index is 13.3. The molecule has 0 aromatic heterocycles. The van der Waals surface area contributed by atoms with Gasteiger partial charge in [0, 0.05) is 12.3 Å². The van der Waals surface area contributed by atoms with Crippen LogP contribution in [0.4, 0.5) is 8.78 Å². The third-order valence-corrected chi connectivity index (χ3v) is 3.69. The molecule has 1 aromatic carbocycles. The normalized spacial score (nSPS) is 23.6. The van der Waals surface area contributed by atoms with E-state index >= 15 is 0 Å². The molecular weight excluding hydrogens is 274 g/mol. The fourth-order valence-corrected chi connectivity index (χ4v) is 2.13. The molecule has 106 valence electrons. The highest BCUT2D eigenvalue weighted by molar-refractivity contribution is 6.30. The number of rotatable bonds is 4. The van der Waals surface area contributed by atoms with Gasteiger partial charge in [-0.25, -0.2) is 8.78 Å². The van der Waals surface area contributed by atoms with Crippen LogP contribution < -0.4 is 0 Å². The molecular formula is C14H17ClF2O2. The van der Waals surface area contributed by atoms with Gasteiger partial charge in [0.2, 0.25) is 0 Å². The molecule has 0 aliphatic carbocycles. The van der Waals surface area contributed by atoms with Crippen molar-refractivity contribution in [3.05, 3.63) is 34.4 Å². The molecule has 1 saturated heterocycles. The molecule has 0 N–H and O–H groups in total. The van der Waals surface area contributed by atoms with Crippen LogP contribution in [0, 0.1) is 17.6 Å². The first-order valence-corrected chi connectivity index (χ1v) is 6.84. The lowest BCUT2D eigenvalue weighted by Gasteiger charge is -2.28. The molecule has 0 bridgehead atoms. The molecule has 1 heterocycles. The fraction of sp³-hybridized carbons (Fsp3) is 0.571. The molecule has 0 unspecified atom stereocenters. The average Bonchev–Trinajstić information content (AvgIpc) is 2.43. The Morgan fingerprint density at radius 2 is 1.79 bits per heavy atom. The summed E-state index contributed by atoms with van der Waals surface area (Å²) in [5.41, 5.74) is 0.559. The minimum absolute atomic E-state index is 0.287. The second-order valence-electron chi connectivity index (χ2n) is 4.78. The van der Waals surface area contributed by atoms with Gasteiger partial charge >= 0.3 is 0 Å². The summed E-state index contributed by atoms with van der Waals surface area (Å²) in [7, 11) is 0. The average molecular weight is 291 g/mol. The smallest absolute Gasteiger partial charge is 0.157 e. The zero-order valence-electron chi connectivity index (χ0n) is 10.8. The minimum Gasteiger partial charge on any atom is -0.352 e. The van der Waals surface area contributed by atoms with E-state index in [0.29, 0.717) is 37.5 Å². The van der Waals surface area contributed by atoms with E-state index in [1.54, 1.807) is 0 Å². The van der Waals surface area contributed by atoms with Gasteiger partial charge in [0.05, 0.1) is 13.2 Å². The lowest BCUT2D eigenvalue weighted by molar-refractivity contribution is -0.202. The molecule has 0 spiro atoms. The molecule has 19 heavy (non-hydrogen) atoms. The Balaban J connectivity index is 1.86. The Bertz CT molecular complexity index is 408. The second kappa shape index (κ2) is 6.64. The standard InChI is InChI=1S/C14H17ClF2O2/c1-2-9-7-18-13(19-8-9)4-3-10-5-11(16)14(15)12(17)6-10/h5-6,9,13H,2-4,7-8H2,1H3. The van der Waals surface area contributed by atoms with Crippen LogP contribution in [0.15, 0.2) is 12.1 Å². The SMILES string of the molecule is CCC1COC(CCc2cc(F)c(Cl)c(F)c2)OC1. The van der Waals surface area contributed by atoms with Crippen molar-refractivity contribution in [2.24, 2.45) is 5.92 Å².